The average molecular weight is 255 g/mol. The van der Waals surface area contributed by atoms with E-state index >= 15 is 0 Å². The van der Waals surface area contributed by atoms with Gasteiger partial charge in [-0.25, -0.2) is 14.8 Å². The van der Waals surface area contributed by atoms with Crippen molar-refractivity contribution in [3.63, 3.8) is 0 Å². The first-order chi connectivity index (χ1) is 7.96. The van der Waals surface area contributed by atoms with Crippen molar-refractivity contribution in [1.82, 2.24) is 9.71 Å². The first-order valence-corrected chi connectivity index (χ1v) is 6.63. The molecule has 7 heteroatoms. The molecule has 3 N–H and O–H groups in total. The summed E-state index contributed by atoms with van der Waals surface area (Å²) in [5.41, 5.74) is 1.44. The van der Waals surface area contributed by atoms with Gasteiger partial charge in [0.25, 0.3) is 10.2 Å². The number of nitrogens with two attached hydrogens (primary N) is 1. The van der Waals surface area contributed by atoms with Gasteiger partial charge in [0.15, 0.2) is 11.5 Å². The third kappa shape index (κ3) is 3.02. The molecule has 92 valence electrons. The summed E-state index contributed by atoms with van der Waals surface area (Å²) in [4.78, 5) is 4.27. The monoisotopic (exact) mass is 255 g/mol. The lowest BCUT2D eigenvalue weighted by Crippen LogP contribution is -2.33. The van der Waals surface area contributed by atoms with E-state index in [1.165, 1.54) is 0 Å². The summed E-state index contributed by atoms with van der Waals surface area (Å²) < 4.78 is 29.2. The normalized spacial score (nSPS) is 14.0. The van der Waals surface area contributed by atoms with Crippen LogP contribution in [-0.4, -0.2) is 19.9 Å². The molecule has 1 aromatic carbocycles. The van der Waals surface area contributed by atoms with E-state index in [0.717, 1.165) is 5.52 Å². The molecule has 0 radical (unpaired) electrons. The lowest BCUT2D eigenvalue weighted by Gasteiger charge is -2.06. The Labute approximate surface area is 99.0 Å². The largest absolute Gasteiger partial charge is 0.440 e. The summed E-state index contributed by atoms with van der Waals surface area (Å²) in [6.45, 7) is 1.97. The third-order valence-electron chi connectivity index (χ3n) is 2.32. The molecule has 1 heterocycles. The number of aromatic nitrogens is 1. The smallest absolute Gasteiger partial charge is 0.274 e. The van der Waals surface area contributed by atoms with Crippen molar-refractivity contribution in [2.45, 2.75) is 12.8 Å². The maximum atomic E-state index is 10.8. The molecule has 0 saturated carbocycles. The number of fused-ring (bicyclic) bond motifs is 1. The Hall–Kier alpha value is -1.44. The first-order valence-electron chi connectivity index (χ1n) is 5.08. The second kappa shape index (κ2) is 4.44. The van der Waals surface area contributed by atoms with Crippen molar-refractivity contribution in [1.29, 1.82) is 0 Å². The lowest BCUT2D eigenvalue weighted by molar-refractivity contribution is 0.480. The molecule has 0 bridgehead atoms. The molecular weight excluding hydrogens is 242 g/mol. The zero-order valence-electron chi connectivity index (χ0n) is 9.25. The van der Waals surface area contributed by atoms with Crippen LogP contribution in [0.3, 0.4) is 0 Å². The molecule has 2 aromatic rings. The SMILES string of the molecule is C[C@H](CNS(N)(=O)=O)c1nc2ccccc2o1. The van der Waals surface area contributed by atoms with Crippen LogP contribution in [0.4, 0.5) is 0 Å². The fourth-order valence-corrected chi connectivity index (χ4v) is 1.91. The van der Waals surface area contributed by atoms with Gasteiger partial charge in [-0.2, -0.15) is 8.42 Å². The van der Waals surface area contributed by atoms with Crippen molar-refractivity contribution in [2.24, 2.45) is 5.14 Å². The zero-order chi connectivity index (χ0) is 12.5. The van der Waals surface area contributed by atoms with Gasteiger partial charge >= 0.3 is 0 Å². The number of benzene rings is 1. The van der Waals surface area contributed by atoms with Crippen LogP contribution in [0.2, 0.25) is 0 Å². The number of para-hydroxylation sites is 2. The Morgan fingerprint density at radius 3 is 2.82 bits per heavy atom. The van der Waals surface area contributed by atoms with Gasteiger partial charge in [-0.15, -0.1) is 0 Å². The fourth-order valence-electron chi connectivity index (χ4n) is 1.43. The Kier molecular flexibility index (Phi) is 3.14. The molecular formula is C10H13N3O3S. The van der Waals surface area contributed by atoms with Crippen molar-refractivity contribution >= 4 is 21.3 Å². The van der Waals surface area contributed by atoms with E-state index in [-0.39, 0.29) is 12.5 Å². The van der Waals surface area contributed by atoms with Gasteiger partial charge in [0, 0.05) is 12.5 Å². The van der Waals surface area contributed by atoms with Gasteiger partial charge in [-0.1, -0.05) is 19.1 Å². The molecule has 0 aliphatic rings. The summed E-state index contributed by atoms with van der Waals surface area (Å²) >= 11 is 0. The van der Waals surface area contributed by atoms with E-state index in [0.29, 0.717) is 11.5 Å². The minimum atomic E-state index is -3.68. The van der Waals surface area contributed by atoms with Crippen molar-refractivity contribution in [2.75, 3.05) is 6.54 Å². The quantitative estimate of drug-likeness (QED) is 0.841. The van der Waals surface area contributed by atoms with Gasteiger partial charge in [-0.3, -0.25) is 0 Å². The molecule has 0 saturated heterocycles. The van der Waals surface area contributed by atoms with Crippen molar-refractivity contribution in [3.8, 4) is 0 Å². The summed E-state index contributed by atoms with van der Waals surface area (Å²) in [5.74, 6) is 0.308. The van der Waals surface area contributed by atoms with Gasteiger partial charge in [0.2, 0.25) is 0 Å². The van der Waals surface area contributed by atoms with Crippen molar-refractivity contribution in [3.05, 3.63) is 30.2 Å². The number of nitrogens with one attached hydrogen (secondary N) is 1. The molecule has 0 spiro atoms. The maximum Gasteiger partial charge on any atom is 0.274 e. The van der Waals surface area contributed by atoms with Crippen LogP contribution in [0.15, 0.2) is 28.7 Å². The Morgan fingerprint density at radius 1 is 1.47 bits per heavy atom. The molecule has 0 fully saturated rings. The number of oxazole rings is 1. The highest BCUT2D eigenvalue weighted by atomic mass is 32.2. The van der Waals surface area contributed by atoms with E-state index in [1.54, 1.807) is 0 Å². The summed E-state index contributed by atoms with van der Waals surface area (Å²) in [6.07, 6.45) is 0. The second-order valence-electron chi connectivity index (χ2n) is 3.81. The highest BCUT2D eigenvalue weighted by molar-refractivity contribution is 7.87. The van der Waals surface area contributed by atoms with Crippen LogP contribution in [0, 0.1) is 0 Å². The molecule has 17 heavy (non-hydrogen) atoms. The number of hydrogen-bond acceptors (Lipinski definition) is 4. The van der Waals surface area contributed by atoms with E-state index in [1.807, 2.05) is 31.2 Å². The molecule has 0 amide bonds. The first kappa shape index (κ1) is 12.0. The second-order valence-corrected chi connectivity index (χ2v) is 5.19. The fraction of sp³-hybridized carbons (Fsp3) is 0.300. The van der Waals surface area contributed by atoms with Crippen LogP contribution >= 0.6 is 0 Å². The zero-order valence-corrected chi connectivity index (χ0v) is 10.1. The topological polar surface area (TPSA) is 98.2 Å². The summed E-state index contributed by atoms with van der Waals surface area (Å²) in [7, 11) is -3.68. The number of nitrogens with zero attached hydrogens (tertiary/aromatic N) is 1. The van der Waals surface area contributed by atoms with Crippen LogP contribution in [0.25, 0.3) is 11.1 Å². The van der Waals surface area contributed by atoms with E-state index in [2.05, 4.69) is 9.71 Å². The predicted octanol–water partition coefficient (Wildman–Crippen LogP) is 0.724. The minimum absolute atomic E-state index is 0.158. The van der Waals surface area contributed by atoms with E-state index in [4.69, 9.17) is 9.56 Å². The molecule has 1 atom stereocenters. The summed E-state index contributed by atoms with van der Waals surface area (Å²) in [5, 5.41) is 4.85. The Bertz CT molecular complexity index is 588. The van der Waals surface area contributed by atoms with Crippen LogP contribution in [0.1, 0.15) is 18.7 Å². The van der Waals surface area contributed by atoms with Crippen LogP contribution < -0.4 is 9.86 Å². The Morgan fingerprint density at radius 2 is 2.18 bits per heavy atom. The molecule has 1 aromatic heterocycles. The molecule has 6 nitrogen and oxygen atoms in total. The highest BCUT2D eigenvalue weighted by Crippen LogP contribution is 2.20. The van der Waals surface area contributed by atoms with Crippen molar-refractivity contribution < 1.29 is 12.8 Å². The number of rotatable bonds is 4. The maximum absolute atomic E-state index is 10.8. The average Bonchev–Trinajstić information content (AvgIpc) is 2.68. The lowest BCUT2D eigenvalue weighted by atomic mass is 10.2. The van der Waals surface area contributed by atoms with Crippen LogP contribution in [-0.2, 0) is 10.2 Å². The van der Waals surface area contributed by atoms with Gasteiger partial charge in [0.1, 0.15) is 5.52 Å². The molecule has 0 aliphatic carbocycles. The van der Waals surface area contributed by atoms with E-state index < -0.39 is 10.2 Å². The Balaban J connectivity index is 2.16. The molecule has 0 aliphatic heterocycles. The summed E-state index contributed by atoms with van der Waals surface area (Å²) in [6, 6.07) is 7.36. The standard InChI is InChI=1S/C10H13N3O3S/c1-7(6-12-17(11,14)15)10-13-8-4-2-3-5-9(8)16-10/h2-5,7,12H,6H2,1H3,(H2,11,14,15)/t7-/m1/s1. The predicted molar refractivity (Wildman–Crippen MR) is 63.5 cm³/mol. The van der Waals surface area contributed by atoms with E-state index in [9.17, 15) is 8.42 Å². The minimum Gasteiger partial charge on any atom is -0.440 e. The van der Waals surface area contributed by atoms with Crippen LogP contribution in [0.5, 0.6) is 0 Å². The third-order valence-corrected chi connectivity index (χ3v) is 2.89. The van der Waals surface area contributed by atoms with Gasteiger partial charge < -0.3 is 4.42 Å². The molecule has 0 unspecified atom stereocenters. The van der Waals surface area contributed by atoms with Gasteiger partial charge in [-0.05, 0) is 12.1 Å². The van der Waals surface area contributed by atoms with Gasteiger partial charge in [0.05, 0.1) is 0 Å². The number of hydrogen-bond donors (Lipinski definition) is 2. The molecule has 2 rings (SSSR count). The highest BCUT2D eigenvalue weighted by Gasteiger charge is 2.14.